The zero-order chi connectivity index (χ0) is 14.1. The molecule has 1 unspecified atom stereocenters. The first-order chi connectivity index (χ1) is 9.66. The van der Waals surface area contributed by atoms with Gasteiger partial charge in [0.1, 0.15) is 0 Å². The topological polar surface area (TPSA) is 6.48 Å². The highest BCUT2D eigenvalue weighted by Gasteiger charge is 2.24. The third-order valence-electron chi connectivity index (χ3n) is 3.86. The first-order valence-electron chi connectivity index (χ1n) is 6.96. The van der Waals surface area contributed by atoms with Crippen LogP contribution in [0.3, 0.4) is 0 Å². The molecule has 0 spiro atoms. The van der Waals surface area contributed by atoms with Crippen molar-refractivity contribution in [3.63, 3.8) is 0 Å². The van der Waals surface area contributed by atoms with Gasteiger partial charge in [-0.2, -0.15) is 0 Å². The van der Waals surface area contributed by atoms with E-state index in [4.69, 9.17) is 0 Å². The SMILES string of the molecule is CC(CN1c2ccccc2Sc2ccccc21)N(C)C.Cl.Cl. The van der Waals surface area contributed by atoms with Gasteiger partial charge in [-0.1, -0.05) is 36.0 Å². The van der Waals surface area contributed by atoms with Crippen molar-refractivity contribution in [2.24, 2.45) is 0 Å². The second-order valence-corrected chi connectivity index (χ2v) is 6.54. The lowest BCUT2D eigenvalue weighted by Gasteiger charge is -2.36. The normalized spacial score (nSPS) is 13.5. The molecule has 22 heavy (non-hydrogen) atoms. The van der Waals surface area contributed by atoms with E-state index in [9.17, 15) is 0 Å². The quantitative estimate of drug-likeness (QED) is 0.756. The smallest absolute Gasteiger partial charge is 0.0553 e. The van der Waals surface area contributed by atoms with Gasteiger partial charge in [-0.05, 0) is 45.3 Å². The minimum absolute atomic E-state index is 0. The average Bonchev–Trinajstić information content (AvgIpc) is 2.46. The van der Waals surface area contributed by atoms with E-state index >= 15 is 0 Å². The predicted octanol–water partition coefficient (Wildman–Crippen LogP) is 5.08. The van der Waals surface area contributed by atoms with E-state index in [-0.39, 0.29) is 24.8 Å². The van der Waals surface area contributed by atoms with Crippen LogP contribution in [0.1, 0.15) is 6.92 Å². The van der Waals surface area contributed by atoms with E-state index < -0.39 is 0 Å². The van der Waals surface area contributed by atoms with Crippen LogP contribution in [0.2, 0.25) is 0 Å². The number of rotatable bonds is 3. The lowest BCUT2D eigenvalue weighted by atomic mass is 10.2. The Kier molecular flexibility index (Phi) is 7.07. The van der Waals surface area contributed by atoms with Crippen molar-refractivity contribution in [2.75, 3.05) is 25.5 Å². The second kappa shape index (κ2) is 8.11. The van der Waals surface area contributed by atoms with Gasteiger partial charge in [0.2, 0.25) is 0 Å². The first-order valence-corrected chi connectivity index (χ1v) is 7.78. The van der Waals surface area contributed by atoms with Gasteiger partial charge in [0, 0.05) is 22.4 Å². The van der Waals surface area contributed by atoms with Crippen LogP contribution in [0.25, 0.3) is 0 Å². The third kappa shape index (κ3) is 3.72. The Morgan fingerprint density at radius 1 is 0.909 bits per heavy atom. The molecule has 0 radical (unpaired) electrons. The molecule has 2 nitrogen and oxygen atoms in total. The minimum Gasteiger partial charge on any atom is -0.338 e. The summed E-state index contributed by atoms with van der Waals surface area (Å²) in [7, 11) is 4.28. The second-order valence-electron chi connectivity index (χ2n) is 5.46. The highest BCUT2D eigenvalue weighted by Crippen LogP contribution is 2.47. The summed E-state index contributed by atoms with van der Waals surface area (Å²) in [5.41, 5.74) is 2.65. The van der Waals surface area contributed by atoms with Gasteiger partial charge in [-0.25, -0.2) is 0 Å². The van der Waals surface area contributed by atoms with Crippen molar-refractivity contribution < 1.29 is 0 Å². The lowest BCUT2D eigenvalue weighted by Crippen LogP contribution is -2.37. The fourth-order valence-corrected chi connectivity index (χ4v) is 3.50. The monoisotopic (exact) mass is 356 g/mol. The molecular formula is C17H22Cl2N2S. The molecule has 5 heteroatoms. The van der Waals surface area contributed by atoms with Crippen molar-refractivity contribution in [1.82, 2.24) is 4.90 Å². The molecule has 0 N–H and O–H groups in total. The largest absolute Gasteiger partial charge is 0.338 e. The zero-order valence-electron chi connectivity index (χ0n) is 13.0. The Morgan fingerprint density at radius 2 is 1.36 bits per heavy atom. The number of nitrogens with zero attached hydrogens (tertiary/aromatic N) is 2. The van der Waals surface area contributed by atoms with Gasteiger partial charge in [-0.15, -0.1) is 24.8 Å². The predicted molar refractivity (Wildman–Crippen MR) is 102 cm³/mol. The molecule has 0 bridgehead atoms. The molecule has 0 fully saturated rings. The molecule has 120 valence electrons. The van der Waals surface area contributed by atoms with Crippen LogP contribution in [0.4, 0.5) is 11.4 Å². The molecule has 3 rings (SSSR count). The van der Waals surface area contributed by atoms with Gasteiger partial charge in [0.15, 0.2) is 0 Å². The van der Waals surface area contributed by atoms with Crippen LogP contribution in [0.15, 0.2) is 58.3 Å². The van der Waals surface area contributed by atoms with Gasteiger partial charge in [0.25, 0.3) is 0 Å². The maximum absolute atomic E-state index is 2.45. The van der Waals surface area contributed by atoms with Gasteiger partial charge < -0.3 is 9.80 Å². The summed E-state index contributed by atoms with van der Waals surface area (Å²) in [6.07, 6.45) is 0. The molecule has 0 aromatic heterocycles. The number of anilines is 2. The summed E-state index contributed by atoms with van der Waals surface area (Å²) < 4.78 is 0. The Hall–Kier alpha value is -0.870. The van der Waals surface area contributed by atoms with Gasteiger partial charge in [-0.3, -0.25) is 0 Å². The van der Waals surface area contributed by atoms with Gasteiger partial charge in [0.05, 0.1) is 11.4 Å². The molecule has 0 amide bonds. The maximum atomic E-state index is 2.45. The molecule has 2 aromatic rings. The summed E-state index contributed by atoms with van der Waals surface area (Å²) in [6.45, 7) is 3.27. The molecule has 1 heterocycles. The zero-order valence-corrected chi connectivity index (χ0v) is 15.5. The van der Waals surface area contributed by atoms with E-state index in [1.54, 1.807) is 0 Å². The maximum Gasteiger partial charge on any atom is 0.0553 e. The lowest BCUT2D eigenvalue weighted by molar-refractivity contribution is 0.319. The number of halogens is 2. The Bertz CT molecular complexity index is 574. The van der Waals surface area contributed by atoms with E-state index in [1.807, 2.05) is 11.8 Å². The number of fused-ring (bicyclic) bond motifs is 2. The Morgan fingerprint density at radius 3 is 1.82 bits per heavy atom. The Labute approximate surface area is 149 Å². The van der Waals surface area contributed by atoms with Crippen LogP contribution in [0, 0.1) is 0 Å². The van der Waals surface area contributed by atoms with Crippen LogP contribution < -0.4 is 4.90 Å². The number of para-hydroxylation sites is 2. The average molecular weight is 357 g/mol. The molecular weight excluding hydrogens is 335 g/mol. The molecule has 1 atom stereocenters. The summed E-state index contributed by atoms with van der Waals surface area (Å²) in [6, 6.07) is 17.9. The van der Waals surface area contributed by atoms with Crippen molar-refractivity contribution in [1.29, 1.82) is 0 Å². The summed E-state index contributed by atoms with van der Waals surface area (Å²) >= 11 is 1.87. The number of hydrogen-bond donors (Lipinski definition) is 0. The fraction of sp³-hybridized carbons (Fsp3) is 0.294. The highest BCUT2D eigenvalue weighted by atomic mass is 35.5. The molecule has 1 aliphatic heterocycles. The Balaban J connectivity index is 0.00000121. The number of likely N-dealkylation sites (N-methyl/N-ethyl adjacent to an activating group) is 1. The summed E-state index contributed by atoms with van der Waals surface area (Å²) in [5.74, 6) is 0. The molecule has 0 saturated heterocycles. The standard InChI is InChI=1S/C17H20N2S.2ClH/c1-13(18(2)3)12-19-14-8-4-6-10-16(14)20-17-11-7-5-9-15(17)19;;/h4-11,13H,12H2,1-3H3;2*1H. The van der Waals surface area contributed by atoms with Crippen LogP contribution in [0.5, 0.6) is 0 Å². The van der Waals surface area contributed by atoms with Gasteiger partial charge >= 0.3 is 0 Å². The summed E-state index contributed by atoms with van der Waals surface area (Å²) in [5, 5.41) is 0. The van der Waals surface area contributed by atoms with E-state index in [2.05, 4.69) is 79.3 Å². The van der Waals surface area contributed by atoms with Crippen molar-refractivity contribution in [2.45, 2.75) is 22.8 Å². The fourth-order valence-electron chi connectivity index (χ4n) is 2.41. The van der Waals surface area contributed by atoms with E-state index in [1.165, 1.54) is 21.2 Å². The van der Waals surface area contributed by atoms with E-state index in [0.717, 1.165) is 6.54 Å². The van der Waals surface area contributed by atoms with Crippen LogP contribution >= 0.6 is 36.6 Å². The first kappa shape index (κ1) is 19.2. The molecule has 0 aliphatic carbocycles. The summed E-state index contributed by atoms with van der Waals surface area (Å²) in [4.78, 5) is 7.41. The van der Waals surface area contributed by atoms with Crippen molar-refractivity contribution in [3.05, 3.63) is 48.5 Å². The van der Waals surface area contributed by atoms with Crippen LogP contribution in [-0.4, -0.2) is 31.6 Å². The molecule has 0 saturated carbocycles. The number of benzene rings is 2. The third-order valence-corrected chi connectivity index (χ3v) is 4.99. The highest BCUT2D eigenvalue weighted by molar-refractivity contribution is 7.99. The van der Waals surface area contributed by atoms with Crippen molar-refractivity contribution in [3.8, 4) is 0 Å². The minimum atomic E-state index is 0. The van der Waals surface area contributed by atoms with Crippen LogP contribution in [-0.2, 0) is 0 Å². The number of hydrogen-bond acceptors (Lipinski definition) is 3. The molecule has 2 aromatic carbocycles. The molecule has 1 aliphatic rings. The van der Waals surface area contributed by atoms with E-state index in [0.29, 0.717) is 6.04 Å². The van der Waals surface area contributed by atoms with Crippen molar-refractivity contribution >= 4 is 48.0 Å².